The first-order chi connectivity index (χ1) is 8.15. The number of hydrogen-bond donors (Lipinski definition) is 0. The van der Waals surface area contributed by atoms with E-state index in [0.717, 1.165) is 5.56 Å². The van der Waals surface area contributed by atoms with Crippen LogP contribution in [0.1, 0.15) is 24.0 Å². The number of rotatable bonds is 2. The molecule has 1 aliphatic heterocycles. The second-order valence-electron chi connectivity index (χ2n) is 4.58. The van der Waals surface area contributed by atoms with Crippen molar-refractivity contribution in [2.45, 2.75) is 26.2 Å². The lowest BCUT2D eigenvalue weighted by atomic mass is 10.1. The number of amides is 1. The molecule has 1 amide bonds. The molecule has 0 aromatic heterocycles. The molecule has 17 heavy (non-hydrogen) atoms. The Morgan fingerprint density at radius 2 is 1.76 bits per heavy atom. The summed E-state index contributed by atoms with van der Waals surface area (Å²) in [6.07, 6.45) is 1.47. The number of piperidine rings is 1. The van der Waals surface area contributed by atoms with Crippen LogP contribution < -0.4 is 0 Å². The molecule has 0 saturated carbocycles. The van der Waals surface area contributed by atoms with E-state index in [4.69, 9.17) is 0 Å². The van der Waals surface area contributed by atoms with Crippen LogP contribution >= 0.6 is 0 Å². The molecule has 1 aliphatic rings. The van der Waals surface area contributed by atoms with Gasteiger partial charge in [-0.2, -0.15) is 0 Å². The van der Waals surface area contributed by atoms with Gasteiger partial charge in [-0.25, -0.2) is 0 Å². The molecule has 1 fully saturated rings. The summed E-state index contributed by atoms with van der Waals surface area (Å²) in [5.41, 5.74) is 2.24. The highest BCUT2D eigenvalue weighted by molar-refractivity contribution is 5.84. The Bertz CT molecular complexity index is 412. The van der Waals surface area contributed by atoms with Crippen molar-refractivity contribution >= 4 is 11.7 Å². The van der Waals surface area contributed by atoms with Crippen LogP contribution in [0.3, 0.4) is 0 Å². The molecule has 1 aromatic carbocycles. The van der Waals surface area contributed by atoms with Crippen molar-refractivity contribution in [1.29, 1.82) is 0 Å². The highest BCUT2D eigenvalue weighted by atomic mass is 16.2. The average molecular weight is 231 g/mol. The van der Waals surface area contributed by atoms with Crippen molar-refractivity contribution in [2.24, 2.45) is 0 Å². The molecule has 1 aromatic rings. The van der Waals surface area contributed by atoms with Gasteiger partial charge in [-0.3, -0.25) is 9.59 Å². The molecular formula is C14H17NO2. The molecule has 0 atom stereocenters. The topological polar surface area (TPSA) is 37.4 Å². The minimum absolute atomic E-state index is 0.126. The fourth-order valence-electron chi connectivity index (χ4n) is 2.00. The normalized spacial score (nSPS) is 16.1. The minimum atomic E-state index is 0.126. The van der Waals surface area contributed by atoms with Gasteiger partial charge in [-0.15, -0.1) is 0 Å². The van der Waals surface area contributed by atoms with Crippen LogP contribution in [0.2, 0.25) is 0 Å². The Morgan fingerprint density at radius 1 is 1.18 bits per heavy atom. The first-order valence-corrected chi connectivity index (χ1v) is 6.00. The average Bonchev–Trinajstić information content (AvgIpc) is 2.33. The van der Waals surface area contributed by atoms with E-state index < -0.39 is 0 Å². The van der Waals surface area contributed by atoms with Gasteiger partial charge < -0.3 is 4.90 Å². The highest BCUT2D eigenvalue weighted by Crippen LogP contribution is 2.10. The zero-order valence-corrected chi connectivity index (χ0v) is 10.1. The van der Waals surface area contributed by atoms with Gasteiger partial charge in [0.05, 0.1) is 6.42 Å². The molecule has 0 N–H and O–H groups in total. The van der Waals surface area contributed by atoms with Crippen molar-refractivity contribution in [3.8, 4) is 0 Å². The summed E-state index contributed by atoms with van der Waals surface area (Å²) in [5, 5.41) is 0. The lowest BCUT2D eigenvalue weighted by Gasteiger charge is -2.26. The number of Topliss-reactive ketones (excluding diaryl/α,β-unsaturated/α-hetero) is 1. The summed E-state index contributed by atoms with van der Waals surface area (Å²) in [4.78, 5) is 24.9. The van der Waals surface area contributed by atoms with Gasteiger partial charge in [0, 0.05) is 25.9 Å². The first-order valence-electron chi connectivity index (χ1n) is 6.00. The quantitative estimate of drug-likeness (QED) is 0.777. The molecule has 3 nitrogen and oxygen atoms in total. The van der Waals surface area contributed by atoms with Crippen LogP contribution in [0.4, 0.5) is 0 Å². The van der Waals surface area contributed by atoms with E-state index in [2.05, 4.69) is 0 Å². The van der Waals surface area contributed by atoms with Crippen LogP contribution in [0.25, 0.3) is 0 Å². The maximum absolute atomic E-state index is 12.0. The fourth-order valence-corrected chi connectivity index (χ4v) is 2.00. The van der Waals surface area contributed by atoms with Gasteiger partial charge in [0.2, 0.25) is 5.91 Å². The lowest BCUT2D eigenvalue weighted by Crippen LogP contribution is -2.39. The second kappa shape index (κ2) is 5.13. The van der Waals surface area contributed by atoms with E-state index in [-0.39, 0.29) is 11.7 Å². The predicted molar refractivity (Wildman–Crippen MR) is 65.7 cm³/mol. The van der Waals surface area contributed by atoms with Gasteiger partial charge >= 0.3 is 0 Å². The highest BCUT2D eigenvalue weighted by Gasteiger charge is 2.20. The zero-order valence-electron chi connectivity index (χ0n) is 10.1. The molecule has 3 heteroatoms. The van der Waals surface area contributed by atoms with Gasteiger partial charge in [-0.05, 0) is 12.5 Å². The Balaban J connectivity index is 1.92. The van der Waals surface area contributed by atoms with Crippen molar-refractivity contribution in [2.75, 3.05) is 13.1 Å². The summed E-state index contributed by atoms with van der Waals surface area (Å²) in [7, 11) is 0. The standard InChI is InChI=1S/C14H17NO2/c1-11-2-4-12(5-3-11)10-14(17)15-8-6-13(16)7-9-15/h2-5H,6-10H2,1H3. The molecule has 2 rings (SSSR count). The third-order valence-corrected chi connectivity index (χ3v) is 3.15. The third-order valence-electron chi connectivity index (χ3n) is 3.15. The van der Waals surface area contributed by atoms with E-state index in [1.165, 1.54) is 5.56 Å². The first kappa shape index (κ1) is 11.8. The van der Waals surface area contributed by atoms with E-state index in [0.29, 0.717) is 32.4 Å². The van der Waals surface area contributed by atoms with Crippen molar-refractivity contribution in [1.82, 2.24) is 4.90 Å². The Hall–Kier alpha value is -1.64. The number of aryl methyl sites for hydroxylation is 1. The monoisotopic (exact) mass is 231 g/mol. The van der Waals surface area contributed by atoms with Gasteiger partial charge in [0.1, 0.15) is 5.78 Å². The van der Waals surface area contributed by atoms with E-state index >= 15 is 0 Å². The van der Waals surface area contributed by atoms with Crippen LogP contribution in [0.5, 0.6) is 0 Å². The van der Waals surface area contributed by atoms with Gasteiger partial charge in [0.15, 0.2) is 0 Å². The molecule has 0 unspecified atom stereocenters. The smallest absolute Gasteiger partial charge is 0.227 e. The number of carbonyl (C=O) groups excluding carboxylic acids is 2. The SMILES string of the molecule is Cc1ccc(CC(=O)N2CCC(=O)CC2)cc1. The molecule has 1 heterocycles. The molecule has 0 radical (unpaired) electrons. The number of nitrogens with zero attached hydrogens (tertiary/aromatic N) is 1. The molecule has 0 aliphatic carbocycles. The van der Waals surface area contributed by atoms with Crippen LogP contribution in [-0.2, 0) is 16.0 Å². The van der Waals surface area contributed by atoms with Gasteiger partial charge in [0.25, 0.3) is 0 Å². The number of hydrogen-bond acceptors (Lipinski definition) is 2. The summed E-state index contributed by atoms with van der Waals surface area (Å²) < 4.78 is 0. The Kier molecular flexibility index (Phi) is 3.57. The third kappa shape index (κ3) is 3.16. The number of benzene rings is 1. The fraction of sp³-hybridized carbons (Fsp3) is 0.429. The van der Waals surface area contributed by atoms with Crippen molar-refractivity contribution < 1.29 is 9.59 Å². The number of carbonyl (C=O) groups is 2. The Morgan fingerprint density at radius 3 is 2.35 bits per heavy atom. The number of ketones is 1. The summed E-state index contributed by atoms with van der Waals surface area (Å²) in [6.45, 7) is 3.20. The van der Waals surface area contributed by atoms with E-state index in [1.54, 1.807) is 4.90 Å². The largest absolute Gasteiger partial charge is 0.342 e. The van der Waals surface area contributed by atoms with E-state index in [9.17, 15) is 9.59 Å². The predicted octanol–water partition coefficient (Wildman–Crippen LogP) is 1.73. The van der Waals surface area contributed by atoms with E-state index in [1.807, 2.05) is 31.2 Å². The second-order valence-corrected chi connectivity index (χ2v) is 4.58. The van der Waals surface area contributed by atoms with Crippen LogP contribution in [0.15, 0.2) is 24.3 Å². The lowest BCUT2D eigenvalue weighted by molar-refractivity contribution is -0.133. The Labute approximate surface area is 101 Å². The number of likely N-dealkylation sites (tertiary alicyclic amines) is 1. The zero-order chi connectivity index (χ0) is 12.3. The molecule has 0 spiro atoms. The van der Waals surface area contributed by atoms with Crippen LogP contribution in [0, 0.1) is 6.92 Å². The molecule has 1 saturated heterocycles. The van der Waals surface area contributed by atoms with Crippen molar-refractivity contribution in [3.05, 3.63) is 35.4 Å². The molecule has 90 valence electrons. The summed E-state index contributed by atoms with van der Waals surface area (Å²) in [5.74, 6) is 0.394. The van der Waals surface area contributed by atoms with Crippen LogP contribution in [-0.4, -0.2) is 29.7 Å². The molecular weight excluding hydrogens is 214 g/mol. The summed E-state index contributed by atoms with van der Waals surface area (Å²) in [6, 6.07) is 8.01. The molecule has 0 bridgehead atoms. The van der Waals surface area contributed by atoms with Gasteiger partial charge in [-0.1, -0.05) is 29.8 Å². The maximum atomic E-state index is 12.0. The summed E-state index contributed by atoms with van der Waals surface area (Å²) >= 11 is 0. The van der Waals surface area contributed by atoms with Crippen molar-refractivity contribution in [3.63, 3.8) is 0 Å². The maximum Gasteiger partial charge on any atom is 0.227 e. The minimum Gasteiger partial charge on any atom is -0.342 e.